The topological polar surface area (TPSA) is 169 Å². The van der Waals surface area contributed by atoms with Crippen LogP contribution in [0.2, 0.25) is 0 Å². The van der Waals surface area contributed by atoms with Crippen LogP contribution in [-0.2, 0) is 0 Å². The minimum absolute atomic E-state index is 0.141. The van der Waals surface area contributed by atoms with Gasteiger partial charge in [-0.15, -0.1) is 0 Å². The molecule has 0 aliphatic rings. The Morgan fingerprint density at radius 3 is 2.37 bits per heavy atom. The van der Waals surface area contributed by atoms with E-state index in [9.17, 15) is 25.1 Å². The number of imidazole rings is 1. The third kappa shape index (κ3) is 4.94. The lowest BCUT2D eigenvalue weighted by molar-refractivity contribution is -0.384. The first-order valence-electron chi connectivity index (χ1n) is 11.4. The van der Waals surface area contributed by atoms with Crippen molar-refractivity contribution in [2.24, 2.45) is 0 Å². The molecule has 0 aliphatic carbocycles. The standard InChI is InChI=1S/C26H26N4O8/c1-36-20-12-11-17(23(37-2)24(20)38-3)25-27-18-6-4-5-16(21(18)29-25)26(33)28-19(13-31)22(32)14-7-9-15(10-8-14)30(34)35/h4-12,19,22,31-32H,13H2,1-3H3,(H,27,29)(H,28,33)/t19-,22-/m1/s1. The number of methoxy groups -OCH3 is 3. The summed E-state index contributed by atoms with van der Waals surface area (Å²) in [4.78, 5) is 31.4. The van der Waals surface area contributed by atoms with Gasteiger partial charge in [-0.3, -0.25) is 14.9 Å². The molecule has 12 nitrogen and oxygen atoms in total. The molecule has 4 aromatic rings. The second-order valence-corrected chi connectivity index (χ2v) is 8.23. The van der Waals surface area contributed by atoms with Gasteiger partial charge in [0.1, 0.15) is 17.4 Å². The van der Waals surface area contributed by atoms with Gasteiger partial charge in [0.15, 0.2) is 11.5 Å². The molecule has 2 atom stereocenters. The number of ether oxygens (including phenoxy) is 3. The molecule has 198 valence electrons. The molecule has 1 heterocycles. The van der Waals surface area contributed by atoms with E-state index in [1.165, 1.54) is 45.6 Å². The van der Waals surface area contributed by atoms with Crippen LogP contribution in [0, 0.1) is 10.1 Å². The third-order valence-electron chi connectivity index (χ3n) is 6.06. The average Bonchev–Trinajstić information content (AvgIpc) is 3.38. The molecule has 0 radical (unpaired) electrons. The largest absolute Gasteiger partial charge is 0.493 e. The number of fused-ring (bicyclic) bond motifs is 1. The van der Waals surface area contributed by atoms with E-state index in [1.54, 1.807) is 30.3 Å². The molecule has 4 N–H and O–H groups in total. The van der Waals surface area contributed by atoms with Crippen molar-refractivity contribution in [3.63, 3.8) is 0 Å². The number of nitrogens with one attached hydrogen (secondary N) is 2. The Labute approximate surface area is 217 Å². The quantitative estimate of drug-likeness (QED) is 0.181. The number of nitro groups is 1. The fourth-order valence-electron chi connectivity index (χ4n) is 4.13. The molecule has 0 spiro atoms. The van der Waals surface area contributed by atoms with Crippen LogP contribution in [-0.4, -0.2) is 65.0 Å². The Morgan fingerprint density at radius 1 is 1.05 bits per heavy atom. The number of benzene rings is 3. The number of carbonyl (C=O) groups is 1. The summed E-state index contributed by atoms with van der Waals surface area (Å²) in [6.07, 6.45) is -1.31. The first-order valence-corrected chi connectivity index (χ1v) is 11.4. The minimum Gasteiger partial charge on any atom is -0.493 e. The number of hydrogen-bond donors (Lipinski definition) is 4. The van der Waals surface area contributed by atoms with Crippen LogP contribution in [0.25, 0.3) is 22.4 Å². The predicted octanol–water partition coefficient (Wildman–Crippen LogP) is 2.99. The Kier molecular flexibility index (Phi) is 7.74. The van der Waals surface area contributed by atoms with Crippen LogP contribution in [0.1, 0.15) is 22.0 Å². The maximum atomic E-state index is 13.2. The highest BCUT2D eigenvalue weighted by atomic mass is 16.6. The van der Waals surface area contributed by atoms with Gasteiger partial charge in [0.25, 0.3) is 11.6 Å². The van der Waals surface area contributed by atoms with Crippen LogP contribution in [0.15, 0.2) is 54.6 Å². The number of hydrogen-bond acceptors (Lipinski definition) is 9. The highest BCUT2D eigenvalue weighted by Crippen LogP contribution is 2.43. The van der Waals surface area contributed by atoms with Crippen molar-refractivity contribution < 1.29 is 34.1 Å². The molecular weight excluding hydrogens is 496 g/mol. The second kappa shape index (κ2) is 11.2. The Bertz CT molecular complexity index is 1470. The number of non-ortho nitro benzene ring substituents is 1. The SMILES string of the molecule is COc1ccc(-c2nc3c(C(=O)N[C@H](CO)[C@H](O)c4ccc([N+](=O)[O-])cc4)cccc3[nH]2)c(OC)c1OC. The Morgan fingerprint density at radius 2 is 1.76 bits per heavy atom. The van der Waals surface area contributed by atoms with Gasteiger partial charge in [0.2, 0.25) is 5.75 Å². The van der Waals surface area contributed by atoms with Gasteiger partial charge in [-0.05, 0) is 42.0 Å². The molecule has 4 rings (SSSR count). The van der Waals surface area contributed by atoms with E-state index in [0.717, 1.165) is 0 Å². The number of para-hydroxylation sites is 1. The van der Waals surface area contributed by atoms with E-state index in [0.29, 0.717) is 45.2 Å². The fraction of sp³-hybridized carbons (Fsp3) is 0.231. The first kappa shape index (κ1) is 26.4. The molecule has 0 aliphatic heterocycles. The number of H-pyrrole nitrogens is 1. The number of rotatable bonds is 10. The summed E-state index contributed by atoms with van der Waals surface area (Å²) in [6.45, 7) is -0.575. The number of aliphatic hydroxyl groups excluding tert-OH is 2. The molecular formula is C26H26N4O8. The molecule has 12 heteroatoms. The highest BCUT2D eigenvalue weighted by molar-refractivity contribution is 6.05. The van der Waals surface area contributed by atoms with Crippen LogP contribution in [0.5, 0.6) is 17.2 Å². The number of carbonyl (C=O) groups excluding carboxylic acids is 1. The summed E-state index contributed by atoms with van der Waals surface area (Å²) in [6, 6.07) is 12.6. The predicted molar refractivity (Wildman–Crippen MR) is 138 cm³/mol. The number of amides is 1. The smallest absolute Gasteiger partial charge is 0.269 e. The lowest BCUT2D eigenvalue weighted by atomic mass is 10.0. The van der Waals surface area contributed by atoms with Crippen molar-refractivity contribution in [2.75, 3.05) is 27.9 Å². The molecule has 0 unspecified atom stereocenters. The Balaban J connectivity index is 1.65. The van der Waals surface area contributed by atoms with Crippen LogP contribution in [0.3, 0.4) is 0 Å². The second-order valence-electron chi connectivity index (χ2n) is 8.23. The van der Waals surface area contributed by atoms with E-state index >= 15 is 0 Å². The molecule has 38 heavy (non-hydrogen) atoms. The van der Waals surface area contributed by atoms with Crippen LogP contribution in [0.4, 0.5) is 5.69 Å². The zero-order valence-electron chi connectivity index (χ0n) is 20.8. The van der Waals surface area contributed by atoms with Crippen molar-refractivity contribution in [1.29, 1.82) is 0 Å². The maximum Gasteiger partial charge on any atom is 0.269 e. The number of aromatic nitrogens is 2. The summed E-state index contributed by atoms with van der Waals surface area (Å²) in [7, 11) is 4.50. The molecule has 0 fully saturated rings. The zero-order chi connectivity index (χ0) is 27.4. The highest BCUT2D eigenvalue weighted by Gasteiger charge is 2.25. The molecule has 1 aromatic heterocycles. The molecule has 1 amide bonds. The van der Waals surface area contributed by atoms with Gasteiger partial charge in [0, 0.05) is 12.1 Å². The average molecular weight is 523 g/mol. The molecule has 0 saturated heterocycles. The van der Waals surface area contributed by atoms with E-state index in [2.05, 4.69) is 15.3 Å². The number of nitro benzene ring substituents is 1. The third-order valence-corrected chi connectivity index (χ3v) is 6.06. The van der Waals surface area contributed by atoms with E-state index in [1.807, 2.05) is 0 Å². The minimum atomic E-state index is -1.31. The van der Waals surface area contributed by atoms with Crippen molar-refractivity contribution in [1.82, 2.24) is 15.3 Å². The van der Waals surface area contributed by atoms with Gasteiger partial charge in [-0.1, -0.05) is 6.07 Å². The van der Waals surface area contributed by atoms with Crippen LogP contribution >= 0.6 is 0 Å². The summed E-state index contributed by atoms with van der Waals surface area (Å²) in [5.74, 6) is 1.10. The normalized spacial score (nSPS) is 12.6. The maximum absolute atomic E-state index is 13.2. The van der Waals surface area contributed by atoms with Gasteiger partial charge < -0.3 is 34.7 Å². The fourth-order valence-corrected chi connectivity index (χ4v) is 4.13. The van der Waals surface area contributed by atoms with Crippen molar-refractivity contribution in [3.8, 4) is 28.6 Å². The van der Waals surface area contributed by atoms with E-state index in [-0.39, 0.29) is 11.3 Å². The van der Waals surface area contributed by atoms with Gasteiger partial charge in [-0.25, -0.2) is 4.98 Å². The summed E-state index contributed by atoms with van der Waals surface area (Å²) in [5.41, 5.74) is 1.88. The number of aromatic amines is 1. The van der Waals surface area contributed by atoms with Crippen molar-refractivity contribution in [2.45, 2.75) is 12.1 Å². The Hall–Kier alpha value is -4.68. The lowest BCUT2D eigenvalue weighted by Gasteiger charge is -2.22. The van der Waals surface area contributed by atoms with Gasteiger partial charge in [0.05, 0.1) is 55.5 Å². The summed E-state index contributed by atoms with van der Waals surface area (Å²) < 4.78 is 16.3. The van der Waals surface area contributed by atoms with E-state index < -0.39 is 29.6 Å². The lowest BCUT2D eigenvalue weighted by Crippen LogP contribution is -2.42. The number of aliphatic hydroxyl groups is 2. The van der Waals surface area contributed by atoms with Gasteiger partial charge in [-0.2, -0.15) is 0 Å². The van der Waals surface area contributed by atoms with Crippen molar-refractivity contribution in [3.05, 3.63) is 75.8 Å². The summed E-state index contributed by atoms with van der Waals surface area (Å²) in [5, 5.41) is 34.1. The molecule has 3 aromatic carbocycles. The van der Waals surface area contributed by atoms with Gasteiger partial charge >= 0.3 is 0 Å². The zero-order valence-corrected chi connectivity index (χ0v) is 20.8. The molecule has 0 bridgehead atoms. The molecule has 0 saturated carbocycles. The first-order chi connectivity index (χ1) is 18.3. The van der Waals surface area contributed by atoms with Crippen molar-refractivity contribution >= 4 is 22.6 Å². The van der Waals surface area contributed by atoms with E-state index in [4.69, 9.17) is 14.2 Å². The van der Waals surface area contributed by atoms with Crippen LogP contribution < -0.4 is 19.5 Å². The summed E-state index contributed by atoms with van der Waals surface area (Å²) >= 11 is 0. The number of nitrogens with zero attached hydrogens (tertiary/aromatic N) is 2. The monoisotopic (exact) mass is 522 g/mol.